The van der Waals surface area contributed by atoms with Crippen molar-refractivity contribution in [3.05, 3.63) is 58.9 Å². The van der Waals surface area contributed by atoms with Crippen molar-refractivity contribution in [3.63, 3.8) is 0 Å². The second-order valence-electron chi connectivity index (χ2n) is 5.43. The van der Waals surface area contributed by atoms with Crippen LogP contribution in [0.5, 0.6) is 5.75 Å². The predicted octanol–water partition coefficient (Wildman–Crippen LogP) is 3.86. The lowest BCUT2D eigenvalue weighted by molar-refractivity contribution is -0.158. The van der Waals surface area contributed by atoms with E-state index in [1.54, 1.807) is 57.2 Å². The molecule has 2 rings (SSSR count). The number of carbonyl (C=O) groups is 1. The lowest BCUT2D eigenvalue weighted by Crippen LogP contribution is -2.39. The monoisotopic (exact) mass is 317 g/mol. The number of rotatable bonds is 7. The summed E-state index contributed by atoms with van der Waals surface area (Å²) in [5, 5.41) is 3.10. The molecule has 0 bridgehead atoms. The SMILES string of the molecule is CCOC(=O)C(C)(C)Oc1ccc(C(N=O)c2ccco2)cc1. The third kappa shape index (κ3) is 3.97. The van der Waals surface area contributed by atoms with E-state index in [9.17, 15) is 9.70 Å². The summed E-state index contributed by atoms with van der Waals surface area (Å²) < 4.78 is 15.9. The fraction of sp³-hybridized carbons (Fsp3) is 0.353. The van der Waals surface area contributed by atoms with Crippen LogP contribution in [0.3, 0.4) is 0 Å². The van der Waals surface area contributed by atoms with Gasteiger partial charge < -0.3 is 13.9 Å². The van der Waals surface area contributed by atoms with Crippen LogP contribution in [0, 0.1) is 4.91 Å². The lowest BCUT2D eigenvalue weighted by Gasteiger charge is -2.24. The highest BCUT2D eigenvalue weighted by Gasteiger charge is 2.31. The zero-order valence-electron chi connectivity index (χ0n) is 13.3. The topological polar surface area (TPSA) is 78.1 Å². The Kier molecular flexibility index (Phi) is 5.16. The fourth-order valence-corrected chi connectivity index (χ4v) is 2.08. The van der Waals surface area contributed by atoms with Crippen molar-refractivity contribution in [2.45, 2.75) is 32.4 Å². The first-order chi connectivity index (χ1) is 11.0. The van der Waals surface area contributed by atoms with E-state index in [-0.39, 0.29) is 0 Å². The first-order valence-electron chi connectivity index (χ1n) is 7.30. The van der Waals surface area contributed by atoms with E-state index >= 15 is 0 Å². The van der Waals surface area contributed by atoms with Gasteiger partial charge in [-0.1, -0.05) is 17.3 Å². The molecule has 0 radical (unpaired) electrons. The zero-order chi connectivity index (χ0) is 16.9. The molecule has 0 saturated carbocycles. The Morgan fingerprint density at radius 1 is 1.26 bits per heavy atom. The summed E-state index contributed by atoms with van der Waals surface area (Å²) in [5.41, 5.74) is -0.419. The highest BCUT2D eigenvalue weighted by Crippen LogP contribution is 2.28. The zero-order valence-corrected chi connectivity index (χ0v) is 13.3. The molecular weight excluding hydrogens is 298 g/mol. The number of esters is 1. The number of ether oxygens (including phenoxy) is 2. The number of nitrogens with zero attached hydrogens (tertiary/aromatic N) is 1. The van der Waals surface area contributed by atoms with Gasteiger partial charge in [0.2, 0.25) is 0 Å². The number of carbonyl (C=O) groups excluding carboxylic acids is 1. The Balaban J connectivity index is 2.13. The van der Waals surface area contributed by atoms with E-state index in [2.05, 4.69) is 5.18 Å². The predicted molar refractivity (Wildman–Crippen MR) is 84.1 cm³/mol. The van der Waals surface area contributed by atoms with E-state index in [4.69, 9.17) is 13.9 Å². The molecule has 0 N–H and O–H groups in total. The van der Waals surface area contributed by atoms with Gasteiger partial charge in [0.1, 0.15) is 11.5 Å². The summed E-state index contributed by atoms with van der Waals surface area (Å²) in [4.78, 5) is 22.9. The minimum atomic E-state index is -1.10. The van der Waals surface area contributed by atoms with Gasteiger partial charge in [-0.15, -0.1) is 4.91 Å². The molecule has 1 aromatic heterocycles. The van der Waals surface area contributed by atoms with Crippen molar-refractivity contribution in [1.82, 2.24) is 0 Å². The van der Waals surface area contributed by atoms with Crippen LogP contribution in [-0.2, 0) is 9.53 Å². The lowest BCUT2D eigenvalue weighted by atomic mass is 10.1. The molecular formula is C17H19NO5. The van der Waals surface area contributed by atoms with Crippen molar-refractivity contribution in [2.24, 2.45) is 5.18 Å². The highest BCUT2D eigenvalue weighted by atomic mass is 16.6. The summed E-state index contributed by atoms with van der Waals surface area (Å²) in [7, 11) is 0. The Morgan fingerprint density at radius 2 is 1.96 bits per heavy atom. The van der Waals surface area contributed by atoms with Gasteiger partial charge in [0, 0.05) is 0 Å². The van der Waals surface area contributed by atoms with E-state index < -0.39 is 17.6 Å². The Labute approximate surface area is 134 Å². The van der Waals surface area contributed by atoms with E-state index in [0.717, 1.165) is 0 Å². The van der Waals surface area contributed by atoms with Gasteiger partial charge >= 0.3 is 5.97 Å². The maximum Gasteiger partial charge on any atom is 0.349 e. The summed E-state index contributed by atoms with van der Waals surface area (Å²) in [6.45, 7) is 5.30. The van der Waals surface area contributed by atoms with Crippen molar-refractivity contribution in [3.8, 4) is 5.75 Å². The van der Waals surface area contributed by atoms with Crippen LogP contribution in [0.4, 0.5) is 0 Å². The summed E-state index contributed by atoms with van der Waals surface area (Å²) in [6.07, 6.45) is 1.49. The smallest absolute Gasteiger partial charge is 0.349 e. The van der Waals surface area contributed by atoms with Gasteiger partial charge in [-0.05, 0) is 50.6 Å². The second-order valence-corrected chi connectivity index (χ2v) is 5.43. The molecule has 0 spiro atoms. The molecule has 0 aliphatic rings. The Morgan fingerprint density at radius 3 is 2.48 bits per heavy atom. The molecule has 1 aromatic carbocycles. The minimum absolute atomic E-state index is 0.292. The summed E-state index contributed by atoms with van der Waals surface area (Å²) in [5.74, 6) is 0.531. The molecule has 0 aliphatic heterocycles. The molecule has 0 fully saturated rings. The molecule has 0 aliphatic carbocycles. The molecule has 0 saturated heterocycles. The number of benzene rings is 1. The third-order valence-electron chi connectivity index (χ3n) is 3.25. The minimum Gasteiger partial charge on any atom is -0.476 e. The highest BCUT2D eigenvalue weighted by molar-refractivity contribution is 5.79. The van der Waals surface area contributed by atoms with Crippen molar-refractivity contribution < 1.29 is 18.7 Å². The maximum atomic E-state index is 11.8. The average Bonchev–Trinajstić information content (AvgIpc) is 3.04. The van der Waals surface area contributed by atoms with E-state index in [0.29, 0.717) is 23.7 Å². The van der Waals surface area contributed by atoms with E-state index in [1.807, 2.05) is 0 Å². The van der Waals surface area contributed by atoms with Gasteiger partial charge in [0.15, 0.2) is 11.6 Å². The first kappa shape index (κ1) is 16.7. The standard InChI is InChI=1S/C17H19NO5/c1-4-21-16(19)17(2,3)23-13-9-7-12(8-10-13)15(18-20)14-6-5-11-22-14/h5-11,15H,4H2,1-3H3. The van der Waals surface area contributed by atoms with Crippen LogP contribution in [0.15, 0.2) is 52.3 Å². The fourth-order valence-electron chi connectivity index (χ4n) is 2.08. The summed E-state index contributed by atoms with van der Waals surface area (Å²) in [6, 6.07) is 9.47. The van der Waals surface area contributed by atoms with Crippen LogP contribution < -0.4 is 4.74 Å². The molecule has 0 amide bonds. The van der Waals surface area contributed by atoms with Gasteiger partial charge in [-0.2, -0.15) is 0 Å². The Bertz CT molecular complexity index is 646. The molecule has 1 unspecified atom stereocenters. The Hall–Kier alpha value is -2.63. The molecule has 2 aromatic rings. The largest absolute Gasteiger partial charge is 0.476 e. The number of nitroso groups, excluding NO2 is 1. The number of hydrogen-bond acceptors (Lipinski definition) is 6. The van der Waals surface area contributed by atoms with Gasteiger partial charge in [-0.3, -0.25) is 0 Å². The van der Waals surface area contributed by atoms with Gasteiger partial charge in [-0.25, -0.2) is 4.79 Å². The molecule has 122 valence electrons. The van der Waals surface area contributed by atoms with Crippen molar-refractivity contribution in [2.75, 3.05) is 6.61 Å². The second kappa shape index (κ2) is 7.09. The van der Waals surface area contributed by atoms with E-state index in [1.165, 1.54) is 6.26 Å². The van der Waals surface area contributed by atoms with Gasteiger partial charge in [0.25, 0.3) is 0 Å². The molecule has 23 heavy (non-hydrogen) atoms. The van der Waals surface area contributed by atoms with Crippen molar-refractivity contribution >= 4 is 5.97 Å². The van der Waals surface area contributed by atoms with Crippen LogP contribution in [0.1, 0.15) is 38.1 Å². The summed E-state index contributed by atoms with van der Waals surface area (Å²) >= 11 is 0. The van der Waals surface area contributed by atoms with Crippen LogP contribution in [0.25, 0.3) is 0 Å². The van der Waals surface area contributed by atoms with Crippen LogP contribution >= 0.6 is 0 Å². The van der Waals surface area contributed by atoms with Gasteiger partial charge in [0.05, 0.1) is 12.9 Å². The first-order valence-corrected chi connectivity index (χ1v) is 7.30. The number of furan rings is 1. The molecule has 6 nitrogen and oxygen atoms in total. The quantitative estimate of drug-likeness (QED) is 0.572. The van der Waals surface area contributed by atoms with Crippen molar-refractivity contribution in [1.29, 1.82) is 0 Å². The average molecular weight is 317 g/mol. The maximum absolute atomic E-state index is 11.8. The molecule has 1 atom stereocenters. The molecule has 1 heterocycles. The third-order valence-corrected chi connectivity index (χ3v) is 3.25. The van der Waals surface area contributed by atoms with Crippen LogP contribution in [-0.4, -0.2) is 18.2 Å². The number of hydrogen-bond donors (Lipinski definition) is 0. The van der Waals surface area contributed by atoms with Crippen LogP contribution in [0.2, 0.25) is 0 Å². The molecule has 6 heteroatoms. The normalized spacial score (nSPS) is 12.5.